The number of amides is 3. The standard InChI is InChI=1S/C11H15N3O3/c1-17-7-6-13-10(15)8-2-4-9(5-3-8)14-11(12)16/h2-5H,6-7H2,1H3,(H,13,15)(H3,12,14,16). The molecule has 1 rings (SSSR count). The topological polar surface area (TPSA) is 93.4 Å². The van der Waals surface area contributed by atoms with Crippen molar-refractivity contribution in [3.8, 4) is 0 Å². The summed E-state index contributed by atoms with van der Waals surface area (Å²) in [6.45, 7) is 0.920. The summed E-state index contributed by atoms with van der Waals surface area (Å²) in [5, 5.41) is 5.09. The third-order valence-electron chi connectivity index (χ3n) is 2.01. The number of benzene rings is 1. The molecule has 0 aliphatic heterocycles. The van der Waals surface area contributed by atoms with Crippen molar-refractivity contribution in [3.63, 3.8) is 0 Å². The van der Waals surface area contributed by atoms with Crippen LogP contribution in [0.3, 0.4) is 0 Å². The van der Waals surface area contributed by atoms with Crippen LogP contribution in [0.5, 0.6) is 0 Å². The van der Waals surface area contributed by atoms with E-state index in [0.717, 1.165) is 0 Å². The lowest BCUT2D eigenvalue weighted by atomic mass is 10.2. The second kappa shape index (κ2) is 6.49. The predicted octanol–water partition coefficient (Wildman–Crippen LogP) is 0.553. The van der Waals surface area contributed by atoms with Crippen LogP contribution < -0.4 is 16.4 Å². The number of ether oxygens (including phenoxy) is 1. The quantitative estimate of drug-likeness (QED) is 0.653. The van der Waals surface area contributed by atoms with Crippen molar-refractivity contribution in [3.05, 3.63) is 29.8 Å². The van der Waals surface area contributed by atoms with E-state index in [4.69, 9.17) is 10.5 Å². The van der Waals surface area contributed by atoms with E-state index in [9.17, 15) is 9.59 Å². The van der Waals surface area contributed by atoms with Crippen molar-refractivity contribution in [2.24, 2.45) is 5.73 Å². The lowest BCUT2D eigenvalue weighted by molar-refractivity contribution is 0.0937. The number of primary amides is 1. The number of methoxy groups -OCH3 is 1. The summed E-state index contributed by atoms with van der Waals surface area (Å²) in [4.78, 5) is 22.2. The first-order valence-corrected chi connectivity index (χ1v) is 5.07. The molecule has 1 aromatic carbocycles. The molecule has 6 nitrogen and oxygen atoms in total. The zero-order chi connectivity index (χ0) is 12.7. The highest BCUT2D eigenvalue weighted by Crippen LogP contribution is 2.08. The first-order chi connectivity index (χ1) is 8.13. The zero-order valence-electron chi connectivity index (χ0n) is 9.53. The van der Waals surface area contributed by atoms with Gasteiger partial charge in [0, 0.05) is 24.9 Å². The maximum atomic E-state index is 11.6. The number of hydrogen-bond acceptors (Lipinski definition) is 3. The van der Waals surface area contributed by atoms with E-state index >= 15 is 0 Å². The second-order valence-electron chi connectivity index (χ2n) is 3.32. The predicted molar refractivity (Wildman–Crippen MR) is 63.9 cm³/mol. The van der Waals surface area contributed by atoms with Gasteiger partial charge in [0.2, 0.25) is 0 Å². The Labute approximate surface area is 99.1 Å². The number of carbonyl (C=O) groups is 2. The summed E-state index contributed by atoms with van der Waals surface area (Å²) in [6, 6.07) is 5.79. The highest BCUT2D eigenvalue weighted by atomic mass is 16.5. The van der Waals surface area contributed by atoms with E-state index in [1.165, 1.54) is 0 Å². The summed E-state index contributed by atoms with van der Waals surface area (Å²) in [5.74, 6) is -0.187. The maximum Gasteiger partial charge on any atom is 0.316 e. The van der Waals surface area contributed by atoms with Crippen LogP contribution in [-0.2, 0) is 4.74 Å². The van der Waals surface area contributed by atoms with Gasteiger partial charge in [-0.1, -0.05) is 0 Å². The van der Waals surface area contributed by atoms with Crippen LogP contribution in [0.15, 0.2) is 24.3 Å². The Hall–Kier alpha value is -2.08. The van der Waals surface area contributed by atoms with Crippen molar-refractivity contribution < 1.29 is 14.3 Å². The fraction of sp³-hybridized carbons (Fsp3) is 0.273. The zero-order valence-corrected chi connectivity index (χ0v) is 9.53. The molecule has 0 saturated heterocycles. The van der Waals surface area contributed by atoms with Crippen LogP contribution in [0.4, 0.5) is 10.5 Å². The minimum Gasteiger partial charge on any atom is -0.383 e. The molecule has 17 heavy (non-hydrogen) atoms. The Kier molecular flexibility index (Phi) is 4.96. The molecule has 0 unspecified atom stereocenters. The minimum absolute atomic E-state index is 0.187. The fourth-order valence-corrected chi connectivity index (χ4v) is 1.22. The van der Waals surface area contributed by atoms with Gasteiger partial charge in [-0.3, -0.25) is 4.79 Å². The number of nitrogens with one attached hydrogen (secondary N) is 2. The SMILES string of the molecule is COCCNC(=O)c1ccc(NC(N)=O)cc1. The van der Waals surface area contributed by atoms with E-state index in [0.29, 0.717) is 24.4 Å². The monoisotopic (exact) mass is 237 g/mol. The van der Waals surface area contributed by atoms with Gasteiger partial charge in [0.15, 0.2) is 0 Å². The van der Waals surface area contributed by atoms with Crippen molar-refractivity contribution in [1.29, 1.82) is 0 Å². The van der Waals surface area contributed by atoms with Gasteiger partial charge >= 0.3 is 6.03 Å². The van der Waals surface area contributed by atoms with Crippen molar-refractivity contribution >= 4 is 17.6 Å². The van der Waals surface area contributed by atoms with Crippen LogP contribution in [-0.4, -0.2) is 32.2 Å². The molecule has 3 amide bonds. The number of hydrogen-bond donors (Lipinski definition) is 3. The largest absolute Gasteiger partial charge is 0.383 e. The molecule has 0 atom stereocenters. The van der Waals surface area contributed by atoms with Gasteiger partial charge in [-0.25, -0.2) is 4.79 Å². The van der Waals surface area contributed by atoms with Gasteiger partial charge in [0.25, 0.3) is 5.91 Å². The number of nitrogens with two attached hydrogens (primary N) is 1. The van der Waals surface area contributed by atoms with Crippen LogP contribution in [0.2, 0.25) is 0 Å². The molecule has 0 fully saturated rings. The Morgan fingerprint density at radius 2 is 1.94 bits per heavy atom. The van der Waals surface area contributed by atoms with Gasteiger partial charge in [0.1, 0.15) is 0 Å². The van der Waals surface area contributed by atoms with E-state index in [1.54, 1.807) is 31.4 Å². The van der Waals surface area contributed by atoms with Gasteiger partial charge < -0.3 is 21.1 Å². The van der Waals surface area contributed by atoms with Crippen LogP contribution in [0.25, 0.3) is 0 Å². The summed E-state index contributed by atoms with van der Waals surface area (Å²) in [7, 11) is 1.57. The third kappa shape index (κ3) is 4.52. The molecule has 0 radical (unpaired) electrons. The normalized spacial score (nSPS) is 9.71. The first kappa shape index (κ1) is 13.0. The summed E-state index contributed by atoms with van der Waals surface area (Å²) in [6.07, 6.45) is 0. The van der Waals surface area contributed by atoms with Gasteiger partial charge in [-0.2, -0.15) is 0 Å². The Morgan fingerprint density at radius 1 is 1.29 bits per heavy atom. The molecule has 0 heterocycles. The first-order valence-electron chi connectivity index (χ1n) is 5.07. The van der Waals surface area contributed by atoms with Crippen molar-refractivity contribution in [2.45, 2.75) is 0 Å². The van der Waals surface area contributed by atoms with Crippen molar-refractivity contribution in [1.82, 2.24) is 5.32 Å². The molecule has 0 bridgehead atoms. The molecule has 0 aliphatic rings. The Morgan fingerprint density at radius 3 is 2.47 bits per heavy atom. The van der Waals surface area contributed by atoms with Gasteiger partial charge in [-0.15, -0.1) is 0 Å². The molecule has 0 aliphatic carbocycles. The lowest BCUT2D eigenvalue weighted by Crippen LogP contribution is -2.26. The van der Waals surface area contributed by atoms with Crippen LogP contribution >= 0.6 is 0 Å². The minimum atomic E-state index is -0.637. The van der Waals surface area contributed by atoms with E-state index in [-0.39, 0.29) is 5.91 Å². The molecule has 0 aromatic heterocycles. The molecule has 4 N–H and O–H groups in total. The molecular weight excluding hydrogens is 222 g/mol. The van der Waals surface area contributed by atoms with E-state index in [2.05, 4.69) is 10.6 Å². The maximum absolute atomic E-state index is 11.6. The van der Waals surface area contributed by atoms with Crippen molar-refractivity contribution in [2.75, 3.05) is 25.6 Å². The molecule has 92 valence electrons. The van der Waals surface area contributed by atoms with Gasteiger partial charge in [0.05, 0.1) is 6.61 Å². The molecule has 6 heteroatoms. The second-order valence-corrected chi connectivity index (χ2v) is 3.32. The van der Waals surface area contributed by atoms with Crippen LogP contribution in [0, 0.1) is 0 Å². The van der Waals surface area contributed by atoms with E-state index in [1.807, 2.05) is 0 Å². The Balaban J connectivity index is 2.54. The Bertz CT molecular complexity index is 389. The molecule has 1 aromatic rings. The summed E-state index contributed by atoms with van der Waals surface area (Å²) >= 11 is 0. The number of rotatable bonds is 5. The highest BCUT2D eigenvalue weighted by molar-refractivity contribution is 5.95. The fourth-order valence-electron chi connectivity index (χ4n) is 1.22. The molecule has 0 spiro atoms. The summed E-state index contributed by atoms with van der Waals surface area (Å²) < 4.78 is 4.81. The average molecular weight is 237 g/mol. The van der Waals surface area contributed by atoms with Crippen LogP contribution in [0.1, 0.15) is 10.4 Å². The van der Waals surface area contributed by atoms with E-state index < -0.39 is 6.03 Å². The lowest BCUT2D eigenvalue weighted by Gasteiger charge is -2.05. The molecule has 0 saturated carbocycles. The number of anilines is 1. The number of urea groups is 1. The average Bonchev–Trinajstić information content (AvgIpc) is 2.29. The number of carbonyl (C=O) groups excluding carboxylic acids is 2. The molecular formula is C11H15N3O3. The smallest absolute Gasteiger partial charge is 0.316 e. The third-order valence-corrected chi connectivity index (χ3v) is 2.01. The van der Waals surface area contributed by atoms with Gasteiger partial charge in [-0.05, 0) is 24.3 Å². The highest BCUT2D eigenvalue weighted by Gasteiger charge is 2.04. The summed E-state index contributed by atoms with van der Waals surface area (Å²) in [5.41, 5.74) is 6.02.